The van der Waals surface area contributed by atoms with Crippen LogP contribution in [0.1, 0.15) is 19.0 Å². The molecule has 0 unspecified atom stereocenters. The van der Waals surface area contributed by atoms with E-state index in [1.807, 2.05) is 0 Å². The number of carbonyl (C=O) groups is 1. The van der Waals surface area contributed by atoms with Crippen LogP contribution in [0.25, 0.3) is 22.7 Å². The number of aromatic amines is 1. The van der Waals surface area contributed by atoms with Gasteiger partial charge in [0.15, 0.2) is 5.65 Å². The molecule has 0 saturated carbocycles. The summed E-state index contributed by atoms with van der Waals surface area (Å²) in [7, 11) is 0. The number of H-pyrrole nitrogens is 1. The Morgan fingerprint density at radius 1 is 1.29 bits per heavy atom. The van der Waals surface area contributed by atoms with E-state index in [9.17, 15) is 14.0 Å². The molecule has 0 spiro atoms. The van der Waals surface area contributed by atoms with Crippen molar-refractivity contribution in [1.29, 1.82) is 0 Å². The molecule has 0 saturated heterocycles. The van der Waals surface area contributed by atoms with Crippen molar-refractivity contribution in [2.24, 2.45) is 0 Å². The molecule has 0 radical (unpaired) electrons. The van der Waals surface area contributed by atoms with Crippen LogP contribution in [-0.2, 0) is 4.79 Å². The number of hydrogen-bond acceptors (Lipinski definition) is 5. The number of benzene rings is 1. The smallest absolute Gasteiger partial charge is 0.263 e. The van der Waals surface area contributed by atoms with Crippen molar-refractivity contribution in [3.63, 3.8) is 0 Å². The first-order chi connectivity index (χ1) is 13.5. The van der Waals surface area contributed by atoms with Gasteiger partial charge in [-0.25, -0.2) is 9.07 Å². The van der Waals surface area contributed by atoms with Gasteiger partial charge in [0.05, 0.1) is 11.9 Å². The summed E-state index contributed by atoms with van der Waals surface area (Å²) < 4.78 is 16.8. The molecule has 0 fully saturated rings. The topological polar surface area (TPSA) is 110 Å². The zero-order chi connectivity index (χ0) is 19.8. The molecule has 0 atom stereocenters. The third kappa shape index (κ3) is 2.94. The van der Waals surface area contributed by atoms with Crippen molar-refractivity contribution in [2.75, 3.05) is 5.32 Å². The lowest BCUT2D eigenvalue weighted by Gasteiger charge is -2.08. The summed E-state index contributed by atoms with van der Waals surface area (Å²) in [5.74, 6) is -0.262. The SMILES string of the molecule is CCC(=O)Nc1cc(C)nn1-c1nc2c(cnn2-c2ccccc2F)c(=O)[nH]1. The third-order valence-electron chi connectivity index (χ3n) is 4.13. The number of para-hydroxylation sites is 1. The van der Waals surface area contributed by atoms with Crippen LogP contribution in [0.15, 0.2) is 41.3 Å². The van der Waals surface area contributed by atoms with E-state index < -0.39 is 11.4 Å². The number of aryl methyl sites for hydroxylation is 1. The number of nitrogens with one attached hydrogen (secondary N) is 2. The van der Waals surface area contributed by atoms with Gasteiger partial charge >= 0.3 is 0 Å². The second-order valence-electron chi connectivity index (χ2n) is 6.12. The summed E-state index contributed by atoms with van der Waals surface area (Å²) in [5, 5.41) is 11.3. The maximum Gasteiger partial charge on any atom is 0.263 e. The van der Waals surface area contributed by atoms with E-state index >= 15 is 0 Å². The van der Waals surface area contributed by atoms with Crippen LogP contribution in [0.3, 0.4) is 0 Å². The van der Waals surface area contributed by atoms with Crippen molar-refractivity contribution in [2.45, 2.75) is 20.3 Å². The Morgan fingerprint density at radius 2 is 2.07 bits per heavy atom. The van der Waals surface area contributed by atoms with E-state index in [0.717, 1.165) is 0 Å². The minimum Gasteiger partial charge on any atom is -0.310 e. The highest BCUT2D eigenvalue weighted by molar-refractivity contribution is 5.90. The molecular formula is C18H16FN7O2. The monoisotopic (exact) mass is 381 g/mol. The molecule has 0 aliphatic carbocycles. The highest BCUT2D eigenvalue weighted by atomic mass is 19.1. The molecule has 3 aromatic heterocycles. The van der Waals surface area contributed by atoms with Crippen molar-refractivity contribution in [3.8, 4) is 11.6 Å². The molecular weight excluding hydrogens is 365 g/mol. The van der Waals surface area contributed by atoms with Crippen LogP contribution in [-0.4, -0.2) is 35.4 Å². The lowest BCUT2D eigenvalue weighted by molar-refractivity contribution is -0.115. The van der Waals surface area contributed by atoms with Crippen molar-refractivity contribution in [1.82, 2.24) is 29.5 Å². The number of halogens is 1. The van der Waals surface area contributed by atoms with Crippen molar-refractivity contribution in [3.05, 3.63) is 58.4 Å². The van der Waals surface area contributed by atoms with Crippen LogP contribution in [0.2, 0.25) is 0 Å². The van der Waals surface area contributed by atoms with Gasteiger partial charge in [-0.2, -0.15) is 19.9 Å². The van der Waals surface area contributed by atoms with Gasteiger partial charge in [-0.05, 0) is 19.1 Å². The van der Waals surface area contributed by atoms with Gasteiger partial charge in [0.2, 0.25) is 11.9 Å². The van der Waals surface area contributed by atoms with Crippen LogP contribution < -0.4 is 10.9 Å². The van der Waals surface area contributed by atoms with Gasteiger partial charge in [-0.1, -0.05) is 19.1 Å². The highest BCUT2D eigenvalue weighted by Gasteiger charge is 2.17. The molecule has 0 aliphatic rings. The summed E-state index contributed by atoms with van der Waals surface area (Å²) in [5.41, 5.74) is 0.503. The number of amides is 1. The van der Waals surface area contributed by atoms with Gasteiger partial charge in [0, 0.05) is 12.5 Å². The van der Waals surface area contributed by atoms with Crippen LogP contribution >= 0.6 is 0 Å². The molecule has 1 amide bonds. The molecule has 10 heteroatoms. The second kappa shape index (κ2) is 6.72. The van der Waals surface area contributed by atoms with E-state index in [2.05, 4.69) is 25.5 Å². The van der Waals surface area contributed by atoms with Crippen molar-refractivity contribution < 1.29 is 9.18 Å². The van der Waals surface area contributed by atoms with Crippen LogP contribution in [0.5, 0.6) is 0 Å². The molecule has 142 valence electrons. The fourth-order valence-corrected chi connectivity index (χ4v) is 2.79. The minimum atomic E-state index is -0.498. The number of hydrogen-bond donors (Lipinski definition) is 2. The number of fused-ring (bicyclic) bond motifs is 1. The Balaban J connectivity index is 1.91. The summed E-state index contributed by atoms with van der Waals surface area (Å²) >= 11 is 0. The Morgan fingerprint density at radius 3 is 2.82 bits per heavy atom. The zero-order valence-corrected chi connectivity index (χ0v) is 15.1. The zero-order valence-electron chi connectivity index (χ0n) is 15.1. The Labute approximate surface area is 157 Å². The van der Waals surface area contributed by atoms with Crippen LogP contribution in [0, 0.1) is 12.7 Å². The Kier molecular flexibility index (Phi) is 4.22. The third-order valence-corrected chi connectivity index (χ3v) is 4.13. The maximum atomic E-state index is 14.2. The van der Waals surface area contributed by atoms with Crippen LogP contribution in [0.4, 0.5) is 10.2 Å². The quantitative estimate of drug-likeness (QED) is 0.562. The standard InChI is InChI=1S/C18H16FN7O2/c1-3-15(27)21-14-8-10(2)24-26(14)18-22-16-11(17(28)23-18)9-20-25(16)13-7-5-4-6-12(13)19/h4-9H,3H2,1-2H3,(H,21,27)(H,22,23,28). The van der Waals surface area contributed by atoms with E-state index in [-0.39, 0.29) is 35.0 Å². The number of rotatable bonds is 4. The van der Waals surface area contributed by atoms with Gasteiger partial charge < -0.3 is 5.32 Å². The summed E-state index contributed by atoms with van der Waals surface area (Å²) in [6.45, 7) is 3.47. The molecule has 0 bridgehead atoms. The molecule has 28 heavy (non-hydrogen) atoms. The summed E-state index contributed by atoms with van der Waals surface area (Å²) in [6.07, 6.45) is 1.61. The predicted octanol–water partition coefficient (Wildman–Crippen LogP) is 2.09. The normalized spacial score (nSPS) is 11.1. The Bertz CT molecular complexity index is 1250. The number of carbonyl (C=O) groups excluding carboxylic acids is 1. The first-order valence-electron chi connectivity index (χ1n) is 8.57. The predicted molar refractivity (Wildman–Crippen MR) is 100 cm³/mol. The van der Waals surface area contributed by atoms with Gasteiger partial charge in [0.1, 0.15) is 22.7 Å². The second-order valence-corrected chi connectivity index (χ2v) is 6.12. The van der Waals surface area contributed by atoms with E-state index in [4.69, 9.17) is 0 Å². The molecule has 9 nitrogen and oxygen atoms in total. The minimum absolute atomic E-state index is 0.0788. The average molecular weight is 381 g/mol. The molecule has 4 rings (SSSR count). The van der Waals surface area contributed by atoms with E-state index in [1.165, 1.54) is 27.7 Å². The Hall–Kier alpha value is -3.82. The summed E-state index contributed by atoms with van der Waals surface area (Å²) in [4.78, 5) is 31.4. The largest absolute Gasteiger partial charge is 0.310 e. The first-order valence-corrected chi connectivity index (χ1v) is 8.57. The fraction of sp³-hybridized carbons (Fsp3) is 0.167. The van der Waals surface area contributed by atoms with Crippen molar-refractivity contribution >= 4 is 22.8 Å². The maximum absolute atomic E-state index is 14.2. The van der Waals surface area contributed by atoms with Gasteiger partial charge in [-0.15, -0.1) is 0 Å². The van der Waals surface area contributed by atoms with E-state index in [1.54, 1.807) is 32.0 Å². The van der Waals surface area contributed by atoms with Gasteiger partial charge in [-0.3, -0.25) is 14.6 Å². The number of nitrogens with zero attached hydrogens (tertiary/aromatic N) is 5. The van der Waals surface area contributed by atoms with E-state index in [0.29, 0.717) is 11.5 Å². The molecule has 2 N–H and O–H groups in total. The molecule has 3 heterocycles. The number of anilines is 1. The lowest BCUT2D eigenvalue weighted by atomic mass is 10.3. The molecule has 1 aromatic carbocycles. The number of aromatic nitrogens is 6. The lowest BCUT2D eigenvalue weighted by Crippen LogP contribution is -2.18. The highest BCUT2D eigenvalue weighted by Crippen LogP contribution is 2.19. The molecule has 0 aliphatic heterocycles. The van der Waals surface area contributed by atoms with Gasteiger partial charge in [0.25, 0.3) is 5.56 Å². The average Bonchev–Trinajstić information content (AvgIpc) is 3.25. The summed E-state index contributed by atoms with van der Waals surface area (Å²) in [6, 6.07) is 7.72. The molecule has 4 aromatic rings. The first kappa shape index (κ1) is 17.6. The fourth-order valence-electron chi connectivity index (χ4n) is 2.79.